The smallest absolute Gasteiger partial charge is 0.414 e. The van der Waals surface area contributed by atoms with E-state index in [0.29, 0.717) is 43.6 Å². The number of aromatic nitrogens is 2. The first-order chi connectivity index (χ1) is 20.0. The normalized spacial score (nSPS) is 22.4. The minimum Gasteiger partial charge on any atom is -0.443 e. The first kappa shape index (κ1) is 30.1. The van der Waals surface area contributed by atoms with Crippen molar-refractivity contribution in [3.05, 3.63) is 41.7 Å². The van der Waals surface area contributed by atoms with Gasteiger partial charge in [0.15, 0.2) is 0 Å². The average Bonchev–Trinajstić information content (AvgIpc) is 3.55. The molecule has 5 rings (SSSR count). The third-order valence-electron chi connectivity index (χ3n) is 9.00. The van der Waals surface area contributed by atoms with Gasteiger partial charge in [-0.1, -0.05) is 25.8 Å². The fourth-order valence-electron chi connectivity index (χ4n) is 6.65. The highest BCUT2D eigenvalue weighted by molar-refractivity contribution is 6.01. The molecular weight excluding hydrogens is 534 g/mol. The van der Waals surface area contributed by atoms with Gasteiger partial charge in [0.25, 0.3) is 5.91 Å². The van der Waals surface area contributed by atoms with Crippen LogP contribution >= 0.6 is 0 Å². The van der Waals surface area contributed by atoms with E-state index < -0.39 is 17.7 Å². The number of amides is 3. The van der Waals surface area contributed by atoms with Gasteiger partial charge < -0.3 is 20.1 Å². The molecule has 1 atom stereocenters. The molecular formula is C32H45N5O5. The summed E-state index contributed by atoms with van der Waals surface area (Å²) in [7, 11) is 0. The lowest BCUT2D eigenvalue weighted by molar-refractivity contribution is -0.119. The highest BCUT2D eigenvalue weighted by atomic mass is 16.6. The first-order valence-corrected chi connectivity index (χ1v) is 15.4. The SMILES string of the molecule is CCn1nccc1C(=O)N[C@H](C(=O)Nc1ccc2c(c1)N(C(=O)OC(C)(C)C)CC21CCOCC1)C1CCC(C)CC1. The van der Waals surface area contributed by atoms with Crippen molar-refractivity contribution in [2.45, 2.75) is 96.7 Å². The van der Waals surface area contributed by atoms with Crippen LogP contribution in [0.1, 0.15) is 89.2 Å². The number of benzene rings is 1. The minimum absolute atomic E-state index is 0.0290. The molecule has 1 spiro atoms. The fourth-order valence-corrected chi connectivity index (χ4v) is 6.65. The Morgan fingerprint density at radius 3 is 2.50 bits per heavy atom. The Morgan fingerprint density at radius 2 is 1.83 bits per heavy atom. The second-order valence-corrected chi connectivity index (χ2v) is 13.2. The van der Waals surface area contributed by atoms with Crippen molar-refractivity contribution >= 4 is 29.3 Å². The van der Waals surface area contributed by atoms with Crippen molar-refractivity contribution in [2.75, 3.05) is 30.0 Å². The average molecular weight is 580 g/mol. The van der Waals surface area contributed by atoms with Gasteiger partial charge in [-0.3, -0.25) is 19.2 Å². The molecule has 1 aliphatic carbocycles. The Labute approximate surface area is 248 Å². The number of carbonyl (C=O) groups excluding carboxylic acids is 3. The van der Waals surface area contributed by atoms with E-state index in [2.05, 4.69) is 22.7 Å². The molecule has 3 amide bonds. The Kier molecular flexibility index (Phi) is 8.64. The van der Waals surface area contributed by atoms with Crippen molar-refractivity contribution in [1.82, 2.24) is 15.1 Å². The number of carbonyl (C=O) groups is 3. The molecule has 0 bridgehead atoms. The zero-order valence-electron chi connectivity index (χ0n) is 25.6. The molecule has 0 unspecified atom stereocenters. The standard InChI is InChI=1S/C32H45N5O5/c1-6-37-25(13-16-33-37)28(38)35-27(22-9-7-21(2)8-10-22)29(39)34-23-11-12-24-26(19-23)36(30(40)42-31(3,4)5)20-32(24)14-17-41-18-15-32/h11-13,16,19,21-22,27H,6-10,14-15,17-18,20H2,1-5H3,(H,34,39)(H,35,38)/t21?,22?,27-/m0/s1. The molecule has 2 N–H and O–H groups in total. The molecule has 42 heavy (non-hydrogen) atoms. The number of rotatable bonds is 6. The van der Waals surface area contributed by atoms with Crippen LogP contribution in [0.4, 0.5) is 16.2 Å². The number of hydrogen-bond acceptors (Lipinski definition) is 6. The van der Waals surface area contributed by atoms with Gasteiger partial charge in [0.05, 0.1) is 5.69 Å². The van der Waals surface area contributed by atoms with Crippen LogP contribution in [0.5, 0.6) is 0 Å². The number of fused-ring (bicyclic) bond motifs is 2. The van der Waals surface area contributed by atoms with Gasteiger partial charge in [-0.05, 0) is 89.0 Å². The zero-order valence-corrected chi connectivity index (χ0v) is 25.6. The maximum atomic E-state index is 13.9. The molecule has 1 saturated heterocycles. The lowest BCUT2D eigenvalue weighted by atomic mass is 9.76. The summed E-state index contributed by atoms with van der Waals surface area (Å²) in [5.41, 5.74) is 2.01. The quantitative estimate of drug-likeness (QED) is 0.482. The summed E-state index contributed by atoms with van der Waals surface area (Å²) in [6.45, 7) is 12.1. The second kappa shape index (κ2) is 12.1. The van der Waals surface area contributed by atoms with E-state index in [4.69, 9.17) is 9.47 Å². The molecule has 228 valence electrons. The third-order valence-corrected chi connectivity index (χ3v) is 9.00. The molecule has 3 aliphatic rings. The molecule has 3 heterocycles. The van der Waals surface area contributed by atoms with Gasteiger partial charge in [0, 0.05) is 43.6 Å². The van der Waals surface area contributed by atoms with Gasteiger partial charge >= 0.3 is 6.09 Å². The number of anilines is 2. The summed E-state index contributed by atoms with van der Waals surface area (Å²) in [6.07, 6.45) is 6.61. The Morgan fingerprint density at radius 1 is 1.12 bits per heavy atom. The van der Waals surface area contributed by atoms with Crippen LogP contribution in [-0.2, 0) is 26.2 Å². The summed E-state index contributed by atoms with van der Waals surface area (Å²) in [5.74, 6) is 0.0734. The van der Waals surface area contributed by atoms with Crippen LogP contribution < -0.4 is 15.5 Å². The topological polar surface area (TPSA) is 115 Å². The van der Waals surface area contributed by atoms with Crippen LogP contribution in [-0.4, -0.2) is 59.1 Å². The van der Waals surface area contributed by atoms with Gasteiger partial charge in [0.2, 0.25) is 5.91 Å². The van der Waals surface area contributed by atoms with Gasteiger partial charge in [-0.2, -0.15) is 5.10 Å². The number of ether oxygens (including phenoxy) is 2. The number of hydrogen-bond donors (Lipinski definition) is 2. The highest BCUT2D eigenvalue weighted by Crippen LogP contribution is 2.48. The van der Waals surface area contributed by atoms with Crippen LogP contribution in [0.2, 0.25) is 0 Å². The number of aryl methyl sites for hydroxylation is 1. The predicted molar refractivity (Wildman–Crippen MR) is 161 cm³/mol. The molecule has 10 heteroatoms. The van der Waals surface area contributed by atoms with Crippen LogP contribution in [0.3, 0.4) is 0 Å². The first-order valence-electron chi connectivity index (χ1n) is 15.4. The molecule has 1 aromatic carbocycles. The summed E-state index contributed by atoms with van der Waals surface area (Å²) < 4.78 is 13.1. The van der Waals surface area contributed by atoms with E-state index >= 15 is 0 Å². The maximum absolute atomic E-state index is 13.9. The Hall–Kier alpha value is -3.40. The molecule has 2 aliphatic heterocycles. The second-order valence-electron chi connectivity index (χ2n) is 13.2. The maximum Gasteiger partial charge on any atom is 0.414 e. The third kappa shape index (κ3) is 6.33. The van der Waals surface area contributed by atoms with E-state index in [9.17, 15) is 14.4 Å². The predicted octanol–water partition coefficient (Wildman–Crippen LogP) is 5.27. The van der Waals surface area contributed by atoms with E-state index in [1.165, 1.54) is 0 Å². The van der Waals surface area contributed by atoms with Crippen molar-refractivity contribution < 1.29 is 23.9 Å². The zero-order chi connectivity index (χ0) is 30.1. The number of nitrogens with zero attached hydrogens (tertiary/aromatic N) is 3. The van der Waals surface area contributed by atoms with E-state index in [1.807, 2.05) is 45.9 Å². The molecule has 10 nitrogen and oxygen atoms in total. The summed E-state index contributed by atoms with van der Waals surface area (Å²) in [5, 5.41) is 10.3. The molecule has 1 aromatic heterocycles. The van der Waals surface area contributed by atoms with E-state index in [1.54, 1.807) is 21.8 Å². The fraction of sp³-hybridized carbons (Fsp3) is 0.625. The lowest BCUT2D eigenvalue weighted by Gasteiger charge is -2.34. The molecule has 2 fully saturated rings. The van der Waals surface area contributed by atoms with Crippen LogP contribution in [0.15, 0.2) is 30.5 Å². The van der Waals surface area contributed by atoms with Gasteiger partial charge in [0.1, 0.15) is 17.3 Å². The number of nitrogens with one attached hydrogen (secondary N) is 2. The minimum atomic E-state index is -0.692. The molecule has 1 saturated carbocycles. The van der Waals surface area contributed by atoms with Crippen molar-refractivity contribution in [3.8, 4) is 0 Å². The van der Waals surface area contributed by atoms with Crippen molar-refractivity contribution in [3.63, 3.8) is 0 Å². The highest BCUT2D eigenvalue weighted by Gasteiger charge is 2.47. The lowest BCUT2D eigenvalue weighted by Crippen LogP contribution is -2.49. The van der Waals surface area contributed by atoms with Gasteiger partial charge in [-0.25, -0.2) is 4.79 Å². The Bertz CT molecular complexity index is 1300. The monoisotopic (exact) mass is 579 g/mol. The summed E-state index contributed by atoms with van der Waals surface area (Å²) in [4.78, 5) is 42.2. The van der Waals surface area contributed by atoms with Crippen molar-refractivity contribution in [1.29, 1.82) is 0 Å². The molecule has 2 aromatic rings. The summed E-state index contributed by atoms with van der Waals surface area (Å²) >= 11 is 0. The van der Waals surface area contributed by atoms with E-state index in [-0.39, 0.29) is 23.1 Å². The van der Waals surface area contributed by atoms with Crippen LogP contribution in [0, 0.1) is 11.8 Å². The van der Waals surface area contributed by atoms with E-state index in [0.717, 1.165) is 49.8 Å². The summed E-state index contributed by atoms with van der Waals surface area (Å²) in [6, 6.07) is 6.78. The van der Waals surface area contributed by atoms with Gasteiger partial charge in [-0.15, -0.1) is 0 Å². The molecule has 0 radical (unpaired) electrons. The van der Waals surface area contributed by atoms with Crippen LogP contribution in [0.25, 0.3) is 0 Å². The Balaban J connectivity index is 1.41. The van der Waals surface area contributed by atoms with Crippen molar-refractivity contribution in [2.24, 2.45) is 11.8 Å². The largest absolute Gasteiger partial charge is 0.443 e.